The minimum Gasteiger partial charge on any atom is -0.473 e. The first-order valence-electron chi connectivity index (χ1n) is 7.91. The van der Waals surface area contributed by atoms with Crippen molar-refractivity contribution in [1.82, 2.24) is 5.32 Å². The van der Waals surface area contributed by atoms with Crippen molar-refractivity contribution in [3.63, 3.8) is 0 Å². The second kappa shape index (κ2) is 10.7. The smallest absolute Gasteiger partial charge is 0.414 e. The minimum absolute atomic E-state index is 0.168. The molecular weight excluding hydrogens is 317 g/mol. The first-order chi connectivity index (χ1) is 11.4. The predicted molar refractivity (Wildman–Crippen MR) is 86.4 cm³/mol. The van der Waals surface area contributed by atoms with Crippen molar-refractivity contribution in [1.29, 1.82) is 0 Å². The Morgan fingerprint density at radius 3 is 2.29 bits per heavy atom. The molecule has 1 fully saturated rings. The van der Waals surface area contributed by atoms with Crippen molar-refractivity contribution in [2.45, 2.75) is 44.2 Å². The molecule has 0 bridgehead atoms. The Kier molecular flexibility index (Phi) is 8.96. The molecule has 134 valence electrons. The first-order valence-corrected chi connectivity index (χ1v) is 7.91. The number of benzene rings is 1. The summed E-state index contributed by atoms with van der Waals surface area (Å²) in [6.07, 6.45) is 6.20. The van der Waals surface area contributed by atoms with Crippen LogP contribution in [0.1, 0.15) is 31.2 Å². The van der Waals surface area contributed by atoms with Crippen LogP contribution in [0.25, 0.3) is 0 Å². The Morgan fingerprint density at radius 1 is 1.17 bits per heavy atom. The summed E-state index contributed by atoms with van der Waals surface area (Å²) >= 11 is 0. The van der Waals surface area contributed by atoms with Gasteiger partial charge < -0.3 is 20.3 Å². The molecule has 1 saturated carbocycles. The normalized spacial score (nSPS) is 19.9. The van der Waals surface area contributed by atoms with E-state index >= 15 is 0 Å². The first kappa shape index (κ1) is 20.1. The Morgan fingerprint density at radius 2 is 1.75 bits per heavy atom. The summed E-state index contributed by atoms with van der Waals surface area (Å²) < 4.78 is 18.3. The van der Waals surface area contributed by atoms with Gasteiger partial charge in [-0.2, -0.15) is 0 Å². The van der Waals surface area contributed by atoms with Gasteiger partial charge in [0.1, 0.15) is 5.82 Å². The van der Waals surface area contributed by atoms with E-state index in [0.29, 0.717) is 12.1 Å². The van der Waals surface area contributed by atoms with E-state index in [2.05, 4.69) is 5.32 Å². The lowest BCUT2D eigenvalue weighted by Crippen LogP contribution is -2.43. The fourth-order valence-electron chi connectivity index (χ4n) is 2.67. The molecule has 0 heterocycles. The fraction of sp³-hybridized carbons (Fsp3) is 0.529. The molecule has 1 aromatic rings. The van der Waals surface area contributed by atoms with E-state index < -0.39 is 11.9 Å². The van der Waals surface area contributed by atoms with E-state index in [0.717, 1.165) is 19.4 Å². The van der Waals surface area contributed by atoms with E-state index in [4.69, 9.17) is 24.5 Å². The zero-order valence-electron chi connectivity index (χ0n) is 13.7. The Balaban J connectivity index is 0.000000413. The number of rotatable bonds is 5. The molecule has 3 N–H and O–H groups in total. The molecule has 24 heavy (non-hydrogen) atoms. The van der Waals surface area contributed by atoms with Crippen molar-refractivity contribution in [2.24, 2.45) is 0 Å². The molecule has 6 nitrogen and oxygen atoms in total. The lowest BCUT2D eigenvalue weighted by Gasteiger charge is -2.31. The van der Waals surface area contributed by atoms with Gasteiger partial charge in [-0.05, 0) is 43.5 Å². The summed E-state index contributed by atoms with van der Waals surface area (Å²) in [7, 11) is 1.80. The number of carboxylic acid groups (broad SMARTS) is 2. The summed E-state index contributed by atoms with van der Waals surface area (Å²) in [5.74, 6) is -3.82. The Bertz CT molecular complexity index is 508. The average Bonchev–Trinajstić information content (AvgIpc) is 2.57. The Labute approximate surface area is 140 Å². The monoisotopic (exact) mass is 341 g/mol. The maximum Gasteiger partial charge on any atom is 0.414 e. The molecule has 1 aromatic carbocycles. The van der Waals surface area contributed by atoms with Gasteiger partial charge in [0.2, 0.25) is 0 Å². The van der Waals surface area contributed by atoms with Crippen LogP contribution in [-0.2, 0) is 20.7 Å². The third-order valence-electron chi connectivity index (χ3n) is 3.92. The highest BCUT2D eigenvalue weighted by Gasteiger charge is 2.23. The van der Waals surface area contributed by atoms with Gasteiger partial charge in [0, 0.05) is 13.2 Å². The number of carbonyl (C=O) groups is 2. The molecule has 0 aromatic heterocycles. The quantitative estimate of drug-likeness (QED) is 0.710. The number of nitrogens with one attached hydrogen (secondary N) is 1. The van der Waals surface area contributed by atoms with Crippen LogP contribution in [0.4, 0.5) is 4.39 Å². The van der Waals surface area contributed by atoms with Crippen LogP contribution in [0.15, 0.2) is 24.3 Å². The SMILES string of the molecule is COC1CCCCC1NCCc1ccc(F)cc1.O=C(O)C(=O)O. The van der Waals surface area contributed by atoms with Crippen LogP contribution in [0, 0.1) is 5.82 Å². The second-order valence-electron chi connectivity index (χ2n) is 5.61. The van der Waals surface area contributed by atoms with Crippen LogP contribution >= 0.6 is 0 Å². The minimum atomic E-state index is -1.82. The number of hydrogen-bond acceptors (Lipinski definition) is 4. The topological polar surface area (TPSA) is 95.9 Å². The lowest BCUT2D eigenvalue weighted by atomic mass is 9.92. The second-order valence-corrected chi connectivity index (χ2v) is 5.61. The lowest BCUT2D eigenvalue weighted by molar-refractivity contribution is -0.159. The van der Waals surface area contributed by atoms with Gasteiger partial charge in [0.15, 0.2) is 0 Å². The molecule has 2 rings (SSSR count). The van der Waals surface area contributed by atoms with E-state index in [1.807, 2.05) is 12.1 Å². The highest BCUT2D eigenvalue weighted by atomic mass is 19.1. The van der Waals surface area contributed by atoms with E-state index in [9.17, 15) is 4.39 Å². The highest BCUT2D eigenvalue weighted by Crippen LogP contribution is 2.20. The maximum absolute atomic E-state index is 12.8. The van der Waals surface area contributed by atoms with Crippen LogP contribution in [0.3, 0.4) is 0 Å². The molecule has 1 aliphatic rings. The van der Waals surface area contributed by atoms with Crippen LogP contribution in [0.5, 0.6) is 0 Å². The molecule has 0 amide bonds. The van der Waals surface area contributed by atoms with Crippen molar-refractivity contribution in [2.75, 3.05) is 13.7 Å². The van der Waals surface area contributed by atoms with Crippen molar-refractivity contribution >= 4 is 11.9 Å². The van der Waals surface area contributed by atoms with Crippen LogP contribution in [-0.4, -0.2) is 48.0 Å². The van der Waals surface area contributed by atoms with Gasteiger partial charge in [0.25, 0.3) is 0 Å². The number of ether oxygens (including phenoxy) is 1. The molecule has 2 atom stereocenters. The molecule has 2 unspecified atom stereocenters. The number of aliphatic carboxylic acids is 2. The van der Waals surface area contributed by atoms with Gasteiger partial charge in [-0.3, -0.25) is 0 Å². The molecule has 1 aliphatic carbocycles. The van der Waals surface area contributed by atoms with Gasteiger partial charge in [-0.15, -0.1) is 0 Å². The summed E-state index contributed by atoms with van der Waals surface area (Å²) in [6.45, 7) is 0.927. The van der Waals surface area contributed by atoms with E-state index in [1.165, 1.54) is 37.0 Å². The van der Waals surface area contributed by atoms with Gasteiger partial charge >= 0.3 is 11.9 Å². The average molecular weight is 341 g/mol. The van der Waals surface area contributed by atoms with Crippen molar-refractivity contribution in [3.05, 3.63) is 35.6 Å². The third-order valence-corrected chi connectivity index (χ3v) is 3.92. The molecule has 0 spiro atoms. The van der Waals surface area contributed by atoms with Crippen molar-refractivity contribution in [3.8, 4) is 0 Å². The van der Waals surface area contributed by atoms with Crippen LogP contribution < -0.4 is 5.32 Å². The Hall–Kier alpha value is -1.99. The van der Waals surface area contributed by atoms with Gasteiger partial charge in [0.05, 0.1) is 6.10 Å². The largest absolute Gasteiger partial charge is 0.473 e. The van der Waals surface area contributed by atoms with E-state index in [1.54, 1.807) is 7.11 Å². The third kappa shape index (κ3) is 7.52. The summed E-state index contributed by atoms with van der Waals surface area (Å²) in [5, 5.41) is 18.3. The number of halogens is 1. The van der Waals surface area contributed by atoms with Crippen LogP contribution in [0.2, 0.25) is 0 Å². The maximum atomic E-state index is 12.8. The van der Waals surface area contributed by atoms with E-state index in [-0.39, 0.29) is 5.82 Å². The number of hydrogen-bond donors (Lipinski definition) is 3. The highest BCUT2D eigenvalue weighted by molar-refractivity contribution is 6.27. The number of carboxylic acids is 2. The number of methoxy groups -OCH3 is 1. The standard InChI is InChI=1S/C15H22FNO.C2H2O4/c1-18-15-5-3-2-4-14(15)17-11-10-12-6-8-13(16)9-7-12;3-1(4)2(5)6/h6-9,14-15,17H,2-5,10-11H2,1H3;(H,3,4)(H,5,6). The fourth-order valence-corrected chi connectivity index (χ4v) is 2.67. The summed E-state index contributed by atoms with van der Waals surface area (Å²) in [6, 6.07) is 7.23. The van der Waals surface area contributed by atoms with Gasteiger partial charge in [-0.1, -0.05) is 25.0 Å². The zero-order valence-corrected chi connectivity index (χ0v) is 13.7. The van der Waals surface area contributed by atoms with Crippen molar-refractivity contribution < 1.29 is 28.9 Å². The summed E-state index contributed by atoms with van der Waals surface area (Å²) in [5.41, 5.74) is 1.17. The predicted octanol–water partition coefficient (Wildman–Crippen LogP) is 2.07. The molecule has 0 aliphatic heterocycles. The summed E-state index contributed by atoms with van der Waals surface area (Å²) in [4.78, 5) is 18.2. The molecule has 0 saturated heterocycles. The molecule has 7 heteroatoms. The molecular formula is C17H24FNO5. The molecule has 0 radical (unpaired) electrons. The zero-order chi connectivity index (χ0) is 17.9. The van der Waals surface area contributed by atoms with Gasteiger partial charge in [-0.25, -0.2) is 14.0 Å².